The Bertz CT molecular complexity index is 252. The summed E-state index contributed by atoms with van der Waals surface area (Å²) < 4.78 is 0. The number of carbonyl (C=O) groups is 3. The third-order valence-electron chi connectivity index (χ3n) is 1.77. The molecule has 0 aliphatic heterocycles. The number of carboxylic acids is 1. The highest BCUT2D eigenvalue weighted by molar-refractivity contribution is 5.83. The van der Waals surface area contributed by atoms with Gasteiger partial charge in [-0.3, -0.25) is 9.59 Å². The topological polar surface area (TPSA) is 95.5 Å². The van der Waals surface area contributed by atoms with E-state index in [-0.39, 0.29) is 24.8 Å². The molecule has 0 aromatic carbocycles. The Morgan fingerprint density at radius 2 is 1.93 bits per heavy atom. The summed E-state index contributed by atoms with van der Waals surface area (Å²) in [7, 11) is 0. The zero-order chi connectivity index (χ0) is 11.8. The van der Waals surface area contributed by atoms with Gasteiger partial charge in [0.25, 0.3) is 0 Å². The summed E-state index contributed by atoms with van der Waals surface area (Å²) in [6.07, 6.45) is 0.421. The van der Waals surface area contributed by atoms with Crippen molar-refractivity contribution in [1.29, 1.82) is 0 Å². The Morgan fingerprint density at radius 1 is 1.33 bits per heavy atom. The number of rotatable bonds is 6. The average Bonchev–Trinajstić information content (AvgIpc) is 2.13. The van der Waals surface area contributed by atoms with Crippen molar-refractivity contribution in [2.75, 3.05) is 6.54 Å². The van der Waals surface area contributed by atoms with E-state index in [4.69, 9.17) is 5.11 Å². The lowest BCUT2D eigenvalue weighted by Crippen LogP contribution is -2.41. The highest BCUT2D eigenvalue weighted by Crippen LogP contribution is 1.91. The van der Waals surface area contributed by atoms with Crippen molar-refractivity contribution >= 4 is 17.8 Å². The number of aliphatic carboxylic acids is 1. The lowest BCUT2D eigenvalue weighted by molar-refractivity contribution is -0.141. The van der Waals surface area contributed by atoms with E-state index in [0.717, 1.165) is 0 Å². The van der Waals surface area contributed by atoms with Crippen LogP contribution in [0.1, 0.15) is 26.7 Å². The van der Waals surface area contributed by atoms with Crippen LogP contribution in [0.25, 0.3) is 0 Å². The minimum Gasteiger partial charge on any atom is -0.480 e. The fraction of sp³-hybridized carbons (Fsp3) is 0.667. The van der Waals surface area contributed by atoms with Crippen molar-refractivity contribution in [3.63, 3.8) is 0 Å². The van der Waals surface area contributed by atoms with E-state index in [0.29, 0.717) is 6.42 Å². The van der Waals surface area contributed by atoms with E-state index in [1.807, 2.05) is 0 Å². The standard InChI is InChI=1S/C9H16N2O4/c1-3-7(9(14)15)11-8(13)4-5-10-6(2)12/h7H,3-5H2,1-2H3,(H,10,12)(H,11,13)(H,14,15)/t7-/m1/s1. The van der Waals surface area contributed by atoms with Gasteiger partial charge in [0.05, 0.1) is 0 Å². The number of carbonyl (C=O) groups excluding carboxylic acids is 2. The normalized spacial score (nSPS) is 11.6. The maximum atomic E-state index is 11.2. The molecule has 0 unspecified atom stereocenters. The number of hydrogen-bond acceptors (Lipinski definition) is 3. The van der Waals surface area contributed by atoms with Gasteiger partial charge in [-0.25, -0.2) is 4.79 Å². The molecule has 6 nitrogen and oxygen atoms in total. The lowest BCUT2D eigenvalue weighted by Gasteiger charge is -2.11. The Balaban J connectivity index is 3.81. The maximum absolute atomic E-state index is 11.2. The van der Waals surface area contributed by atoms with E-state index in [1.54, 1.807) is 6.92 Å². The number of hydrogen-bond donors (Lipinski definition) is 3. The quantitative estimate of drug-likeness (QED) is 0.557. The maximum Gasteiger partial charge on any atom is 0.326 e. The molecule has 1 atom stereocenters. The highest BCUT2D eigenvalue weighted by Gasteiger charge is 2.16. The minimum atomic E-state index is -1.05. The minimum absolute atomic E-state index is 0.0867. The van der Waals surface area contributed by atoms with E-state index in [2.05, 4.69) is 10.6 Å². The number of carboxylic acid groups (broad SMARTS) is 1. The molecule has 0 radical (unpaired) electrons. The van der Waals surface area contributed by atoms with Crippen molar-refractivity contribution in [1.82, 2.24) is 10.6 Å². The van der Waals surface area contributed by atoms with Crippen LogP contribution >= 0.6 is 0 Å². The Labute approximate surface area is 88.0 Å². The van der Waals surface area contributed by atoms with Crippen molar-refractivity contribution in [2.24, 2.45) is 0 Å². The van der Waals surface area contributed by atoms with Crippen molar-refractivity contribution in [3.8, 4) is 0 Å². The third kappa shape index (κ3) is 6.48. The monoisotopic (exact) mass is 216 g/mol. The SMILES string of the molecule is CC[C@@H](NC(=O)CCNC(C)=O)C(=O)O. The van der Waals surface area contributed by atoms with Crippen LogP contribution in [0.4, 0.5) is 0 Å². The molecule has 0 aromatic heterocycles. The smallest absolute Gasteiger partial charge is 0.326 e. The first kappa shape index (κ1) is 13.4. The molecule has 0 fully saturated rings. The van der Waals surface area contributed by atoms with Crippen LogP contribution in [0.15, 0.2) is 0 Å². The molecule has 6 heteroatoms. The van der Waals surface area contributed by atoms with E-state index in [1.165, 1.54) is 6.92 Å². The molecular formula is C9H16N2O4. The predicted octanol–water partition coefficient (Wildman–Crippen LogP) is -0.508. The highest BCUT2D eigenvalue weighted by atomic mass is 16.4. The summed E-state index contributed by atoms with van der Waals surface area (Å²) in [6.45, 7) is 3.24. The summed E-state index contributed by atoms with van der Waals surface area (Å²) in [5.41, 5.74) is 0. The molecule has 86 valence electrons. The van der Waals surface area contributed by atoms with Gasteiger partial charge in [-0.1, -0.05) is 6.92 Å². The Morgan fingerprint density at radius 3 is 2.33 bits per heavy atom. The summed E-state index contributed by atoms with van der Waals surface area (Å²) in [6, 6.07) is -0.852. The van der Waals surface area contributed by atoms with E-state index >= 15 is 0 Å². The first-order valence-electron chi connectivity index (χ1n) is 4.74. The first-order valence-corrected chi connectivity index (χ1v) is 4.74. The van der Waals surface area contributed by atoms with Gasteiger partial charge in [0, 0.05) is 19.9 Å². The first-order chi connectivity index (χ1) is 6.97. The van der Waals surface area contributed by atoms with Crippen LogP contribution < -0.4 is 10.6 Å². The fourth-order valence-corrected chi connectivity index (χ4v) is 0.957. The van der Waals surface area contributed by atoms with Crippen molar-refractivity contribution in [2.45, 2.75) is 32.7 Å². The molecule has 3 N–H and O–H groups in total. The fourth-order valence-electron chi connectivity index (χ4n) is 0.957. The van der Waals surface area contributed by atoms with Gasteiger partial charge in [-0.05, 0) is 6.42 Å². The molecule has 0 aliphatic rings. The van der Waals surface area contributed by atoms with Gasteiger partial charge in [0.2, 0.25) is 11.8 Å². The van der Waals surface area contributed by atoms with Crippen LogP contribution in [0, 0.1) is 0 Å². The van der Waals surface area contributed by atoms with E-state index < -0.39 is 12.0 Å². The Kier molecular flexibility index (Phi) is 6.08. The zero-order valence-corrected chi connectivity index (χ0v) is 8.87. The zero-order valence-electron chi connectivity index (χ0n) is 8.87. The van der Waals surface area contributed by atoms with Gasteiger partial charge in [0.1, 0.15) is 6.04 Å². The summed E-state index contributed by atoms with van der Waals surface area (Å²) in [4.78, 5) is 32.2. The predicted molar refractivity (Wildman–Crippen MR) is 53.2 cm³/mol. The molecule has 0 saturated heterocycles. The second-order valence-electron chi connectivity index (χ2n) is 3.10. The molecule has 0 heterocycles. The van der Waals surface area contributed by atoms with Crippen LogP contribution in [0.2, 0.25) is 0 Å². The Hall–Kier alpha value is -1.59. The van der Waals surface area contributed by atoms with Crippen molar-refractivity contribution < 1.29 is 19.5 Å². The summed E-state index contributed by atoms with van der Waals surface area (Å²) in [5.74, 6) is -1.64. The molecule has 0 saturated carbocycles. The van der Waals surface area contributed by atoms with Crippen LogP contribution in [0.3, 0.4) is 0 Å². The molecule has 2 amide bonds. The number of amides is 2. The van der Waals surface area contributed by atoms with Crippen LogP contribution in [-0.4, -0.2) is 35.5 Å². The molecule has 0 rings (SSSR count). The largest absolute Gasteiger partial charge is 0.480 e. The second-order valence-corrected chi connectivity index (χ2v) is 3.10. The molecule has 15 heavy (non-hydrogen) atoms. The van der Waals surface area contributed by atoms with Gasteiger partial charge in [-0.2, -0.15) is 0 Å². The molecule has 0 bridgehead atoms. The third-order valence-corrected chi connectivity index (χ3v) is 1.77. The van der Waals surface area contributed by atoms with Crippen LogP contribution in [0.5, 0.6) is 0 Å². The van der Waals surface area contributed by atoms with Gasteiger partial charge in [0.15, 0.2) is 0 Å². The van der Waals surface area contributed by atoms with Gasteiger partial charge >= 0.3 is 5.97 Å². The van der Waals surface area contributed by atoms with Crippen LogP contribution in [-0.2, 0) is 14.4 Å². The molecule has 0 aromatic rings. The average molecular weight is 216 g/mol. The van der Waals surface area contributed by atoms with E-state index in [9.17, 15) is 14.4 Å². The summed E-state index contributed by atoms with van der Waals surface area (Å²) >= 11 is 0. The second kappa shape index (κ2) is 6.80. The molecule has 0 spiro atoms. The van der Waals surface area contributed by atoms with Crippen molar-refractivity contribution in [3.05, 3.63) is 0 Å². The molecular weight excluding hydrogens is 200 g/mol. The van der Waals surface area contributed by atoms with Gasteiger partial charge in [-0.15, -0.1) is 0 Å². The summed E-state index contributed by atoms with van der Waals surface area (Å²) in [5, 5.41) is 13.5. The number of nitrogens with one attached hydrogen (secondary N) is 2. The molecule has 0 aliphatic carbocycles. The lowest BCUT2D eigenvalue weighted by atomic mass is 10.2. The van der Waals surface area contributed by atoms with Gasteiger partial charge < -0.3 is 15.7 Å².